The molecule has 3 rings (SSSR count). The Hall–Kier alpha value is -4.70. The van der Waals surface area contributed by atoms with Gasteiger partial charge < -0.3 is 51.0 Å². The topological polar surface area (TPSA) is 275 Å². The fourth-order valence-electron chi connectivity index (χ4n) is 7.19. The molecule has 8 atom stereocenters. The predicted molar refractivity (Wildman–Crippen MR) is 279 cm³/mol. The molecular formula is C46H67I2N9O12S. The number of amides is 7. The number of nitrogens with zero attached hydrogens (tertiary/aromatic N) is 4. The average Bonchev–Trinajstić information content (AvgIpc) is 3.80. The second kappa shape index (κ2) is 26.7. The molecule has 0 aliphatic carbocycles. The van der Waals surface area contributed by atoms with Crippen molar-refractivity contribution >= 4 is 116 Å². The van der Waals surface area contributed by atoms with Crippen molar-refractivity contribution in [1.82, 2.24) is 41.0 Å². The van der Waals surface area contributed by atoms with Gasteiger partial charge in [0.25, 0.3) is 5.91 Å². The van der Waals surface area contributed by atoms with Crippen LogP contribution in [0.1, 0.15) is 94.9 Å². The number of hydrogen-bond acceptors (Lipinski definition) is 14. The number of ether oxygens (including phenoxy) is 2. The van der Waals surface area contributed by atoms with Crippen molar-refractivity contribution in [3.05, 3.63) is 39.8 Å². The highest BCUT2D eigenvalue weighted by Crippen LogP contribution is 2.33. The molecule has 1 aliphatic heterocycles. The van der Waals surface area contributed by atoms with Gasteiger partial charge in [-0.2, -0.15) is 0 Å². The molecule has 2 heterocycles. The summed E-state index contributed by atoms with van der Waals surface area (Å²) in [7, 11) is 8.25. The van der Waals surface area contributed by atoms with Crippen LogP contribution >= 0.6 is 56.5 Å². The monoisotopic (exact) mass is 1220 g/mol. The van der Waals surface area contributed by atoms with E-state index in [1.807, 2.05) is 27.7 Å². The fourth-order valence-corrected chi connectivity index (χ4v) is 8.47. The lowest BCUT2D eigenvalue weighted by atomic mass is 9.92. The molecule has 0 saturated heterocycles. The van der Waals surface area contributed by atoms with E-state index in [-0.39, 0.29) is 73.9 Å². The molecule has 24 heteroatoms. The molecule has 1 aliphatic rings. The number of carbonyl (C=O) groups is 9. The molecule has 0 fully saturated rings. The highest BCUT2D eigenvalue weighted by Gasteiger charge is 2.41. The first kappa shape index (κ1) is 59.6. The van der Waals surface area contributed by atoms with E-state index in [4.69, 9.17) is 9.47 Å². The summed E-state index contributed by atoms with van der Waals surface area (Å²) in [5.74, 6) is -6.74. The number of carboxylic acids is 1. The standard InChI is InChI=1S/C46H67I2N9O12S/c1-13-24(4)35(54-44(66)46(6,7)56(10)11)41(62)57(12)30(23(2)3)19-32(69-45(67)55(8)9)40-51-29(22-70-40)38(60)49-27(16-25(5)42(63)64)17-26-14-15-31-28(18-26)50-39(61)36(52-33(58)20-47)37(43(65)68-31)53-34(59)21-48/h14-15,18,22-25,27,30,32,35-37H,13,16-17,19-21H2,1-12H3,(H,49,60)(H,50,61)(H,52,58)(H,53,59)(H,54,66)(H,63,64)/t24-,25?,27+,30+,32+,35-,36?,37?/m0/s1. The van der Waals surface area contributed by atoms with Crippen molar-refractivity contribution in [2.45, 2.75) is 116 Å². The molecule has 70 heavy (non-hydrogen) atoms. The molecule has 1 aromatic heterocycles. The van der Waals surface area contributed by atoms with Gasteiger partial charge in [-0.3, -0.25) is 38.5 Å². The van der Waals surface area contributed by atoms with Crippen LogP contribution in [0.25, 0.3) is 0 Å². The first-order valence-corrected chi connectivity index (χ1v) is 26.6. The van der Waals surface area contributed by atoms with E-state index in [2.05, 4.69) is 31.6 Å². The minimum atomic E-state index is -1.54. The number of nitrogens with one attached hydrogen (secondary N) is 5. The molecule has 0 radical (unpaired) electrons. The molecule has 2 aromatic rings. The van der Waals surface area contributed by atoms with E-state index in [9.17, 15) is 48.3 Å². The van der Waals surface area contributed by atoms with Crippen LogP contribution in [-0.2, 0) is 44.7 Å². The first-order valence-electron chi connectivity index (χ1n) is 22.6. The van der Waals surface area contributed by atoms with Crippen molar-refractivity contribution < 1.29 is 57.7 Å². The molecule has 0 bridgehead atoms. The number of alkyl halides is 2. The van der Waals surface area contributed by atoms with Crippen LogP contribution in [0.4, 0.5) is 10.5 Å². The summed E-state index contributed by atoms with van der Waals surface area (Å²) >= 11 is 4.64. The number of aromatic nitrogens is 1. The van der Waals surface area contributed by atoms with E-state index in [1.54, 1.807) is 96.0 Å². The quantitative estimate of drug-likeness (QED) is 0.0400. The zero-order valence-corrected chi connectivity index (χ0v) is 46.8. The largest absolute Gasteiger partial charge is 0.481 e. The lowest BCUT2D eigenvalue weighted by molar-refractivity contribution is -0.142. The Bertz CT molecular complexity index is 2240. The number of esters is 1. The number of halogens is 2. The Morgan fingerprint density at radius 3 is 2.09 bits per heavy atom. The Labute approximate surface area is 440 Å². The molecule has 0 saturated carbocycles. The van der Waals surface area contributed by atoms with Crippen molar-refractivity contribution in [2.24, 2.45) is 17.8 Å². The number of benzene rings is 1. The number of anilines is 1. The molecule has 7 amide bonds. The van der Waals surface area contributed by atoms with Crippen LogP contribution in [0.2, 0.25) is 0 Å². The van der Waals surface area contributed by atoms with Crippen LogP contribution in [0.15, 0.2) is 23.6 Å². The lowest BCUT2D eigenvalue weighted by Crippen LogP contribution is -2.62. The summed E-state index contributed by atoms with van der Waals surface area (Å²) in [5.41, 5.74) is -0.419. The maximum absolute atomic E-state index is 14.4. The van der Waals surface area contributed by atoms with E-state index >= 15 is 0 Å². The van der Waals surface area contributed by atoms with Crippen molar-refractivity contribution in [2.75, 3.05) is 49.4 Å². The smallest absolute Gasteiger partial charge is 0.409 e. The highest BCUT2D eigenvalue weighted by atomic mass is 127. The summed E-state index contributed by atoms with van der Waals surface area (Å²) in [4.78, 5) is 128. The zero-order chi connectivity index (χ0) is 52.9. The van der Waals surface area contributed by atoms with E-state index in [1.165, 1.54) is 43.4 Å². The molecule has 388 valence electrons. The number of rotatable bonds is 23. The van der Waals surface area contributed by atoms with E-state index in [0.717, 1.165) is 11.3 Å². The highest BCUT2D eigenvalue weighted by molar-refractivity contribution is 14.1. The lowest BCUT2D eigenvalue weighted by Gasteiger charge is -2.38. The average molecular weight is 1220 g/mol. The van der Waals surface area contributed by atoms with Gasteiger partial charge in [0.05, 0.1) is 26.0 Å². The number of aliphatic carboxylic acids is 1. The normalized spacial score (nSPS) is 17.4. The SMILES string of the molecule is CC[C@H](C)[C@H](NC(=O)C(C)(C)N(C)C)C(=O)N(C)[C@H](C[C@@H](OC(=O)N(C)C)c1nc(C(=O)N[C@@H](Cc2ccc3c(c2)NC(=O)C(NC(=O)CI)C(NC(=O)CI)C(=O)O3)CC(C)C(=O)O)cs1)C(C)C. The third kappa shape index (κ3) is 16.2. The fraction of sp³-hybridized carbons (Fsp3) is 0.609. The number of carbonyl (C=O) groups excluding carboxylic acids is 8. The number of thiazole rings is 1. The predicted octanol–water partition coefficient (Wildman–Crippen LogP) is 3.78. The van der Waals surface area contributed by atoms with Crippen LogP contribution in [-0.4, -0.2) is 158 Å². The van der Waals surface area contributed by atoms with Gasteiger partial charge in [0.15, 0.2) is 17.9 Å². The number of fused-ring (bicyclic) bond motifs is 1. The Balaban J connectivity index is 1.96. The second-order valence-electron chi connectivity index (χ2n) is 18.6. The molecule has 1 aromatic carbocycles. The maximum Gasteiger partial charge on any atom is 0.409 e. The van der Waals surface area contributed by atoms with Gasteiger partial charge in [-0.05, 0) is 70.3 Å². The van der Waals surface area contributed by atoms with Crippen LogP contribution in [0, 0.1) is 17.8 Å². The summed E-state index contributed by atoms with van der Waals surface area (Å²) < 4.78 is 11.5. The molecule has 3 unspecified atom stereocenters. The van der Waals surface area contributed by atoms with Crippen molar-refractivity contribution in [3.8, 4) is 5.75 Å². The van der Waals surface area contributed by atoms with Crippen LogP contribution in [0.3, 0.4) is 0 Å². The summed E-state index contributed by atoms with van der Waals surface area (Å²) in [5, 5.41) is 25.1. The third-order valence-corrected chi connectivity index (χ3v) is 14.6. The number of hydrogen-bond donors (Lipinski definition) is 6. The van der Waals surface area contributed by atoms with Gasteiger partial charge in [0, 0.05) is 45.0 Å². The summed E-state index contributed by atoms with van der Waals surface area (Å²) in [6.07, 6.45) is -1.03. The Kier molecular flexibility index (Phi) is 22.7. The Morgan fingerprint density at radius 2 is 1.54 bits per heavy atom. The van der Waals surface area contributed by atoms with E-state index in [0.29, 0.717) is 12.0 Å². The van der Waals surface area contributed by atoms with Crippen LogP contribution < -0.4 is 31.3 Å². The zero-order valence-electron chi connectivity index (χ0n) is 41.6. The van der Waals surface area contributed by atoms with Gasteiger partial charge >= 0.3 is 18.0 Å². The minimum Gasteiger partial charge on any atom is -0.481 e. The molecule has 6 N–H and O–H groups in total. The second-order valence-corrected chi connectivity index (χ2v) is 21.0. The summed E-state index contributed by atoms with van der Waals surface area (Å²) in [6, 6.07) is -0.825. The molecule has 0 spiro atoms. The summed E-state index contributed by atoms with van der Waals surface area (Å²) in [6.45, 7) is 12.7. The van der Waals surface area contributed by atoms with E-state index < -0.39 is 89.4 Å². The first-order chi connectivity index (χ1) is 32.7. The Morgan fingerprint density at radius 1 is 0.929 bits per heavy atom. The van der Waals surface area contributed by atoms with Crippen LogP contribution in [0.5, 0.6) is 5.75 Å². The molecule has 21 nitrogen and oxygen atoms in total. The minimum absolute atomic E-state index is 0.0328. The maximum atomic E-state index is 14.4. The van der Waals surface area contributed by atoms with Gasteiger partial charge in [-0.15, -0.1) is 11.3 Å². The van der Waals surface area contributed by atoms with Gasteiger partial charge in [-0.25, -0.2) is 14.6 Å². The number of likely N-dealkylation sites (N-methyl/N-ethyl adjacent to an activating group) is 2. The van der Waals surface area contributed by atoms with Crippen molar-refractivity contribution in [1.29, 1.82) is 0 Å². The van der Waals surface area contributed by atoms with Crippen molar-refractivity contribution in [3.63, 3.8) is 0 Å². The van der Waals surface area contributed by atoms with Gasteiger partial charge in [0.2, 0.25) is 29.5 Å². The molecular weight excluding hydrogens is 1160 g/mol. The number of carboxylic acid groups (broad SMARTS) is 1. The third-order valence-electron chi connectivity index (χ3n) is 12.3. The van der Waals surface area contributed by atoms with Gasteiger partial charge in [-0.1, -0.05) is 92.3 Å². The van der Waals surface area contributed by atoms with Gasteiger partial charge in [0.1, 0.15) is 22.8 Å².